The third-order valence-electron chi connectivity index (χ3n) is 2.77. The highest BCUT2D eigenvalue weighted by Gasteiger charge is 2.31. The number of halogens is 5. The van der Waals surface area contributed by atoms with Crippen LogP contribution >= 0.6 is 23.2 Å². The summed E-state index contributed by atoms with van der Waals surface area (Å²) in [6.07, 6.45) is -4.72. The van der Waals surface area contributed by atoms with Crippen molar-refractivity contribution in [1.82, 2.24) is 0 Å². The van der Waals surface area contributed by atoms with Crippen molar-refractivity contribution in [3.63, 3.8) is 0 Å². The fourth-order valence-corrected chi connectivity index (χ4v) is 2.22. The zero-order valence-corrected chi connectivity index (χ0v) is 12.0. The summed E-state index contributed by atoms with van der Waals surface area (Å²) in [5.41, 5.74) is 7.24. The second-order valence-corrected chi connectivity index (χ2v) is 5.10. The lowest BCUT2D eigenvalue weighted by atomic mass is 9.99. The minimum Gasteiger partial charge on any atom is -0.406 e. The molecule has 0 bridgehead atoms. The van der Waals surface area contributed by atoms with Crippen LogP contribution in [0.5, 0.6) is 5.75 Å². The molecule has 2 aromatic carbocycles. The van der Waals surface area contributed by atoms with E-state index in [4.69, 9.17) is 28.9 Å². The molecule has 2 aromatic rings. The Morgan fingerprint density at radius 3 is 2.19 bits per heavy atom. The van der Waals surface area contributed by atoms with E-state index in [0.717, 1.165) is 0 Å². The SMILES string of the molecule is NC(c1ccc(OC(F)(F)F)cc1)c1cc(Cl)ccc1Cl. The molecule has 0 saturated heterocycles. The van der Waals surface area contributed by atoms with Crippen LogP contribution in [-0.2, 0) is 0 Å². The molecule has 0 aliphatic carbocycles. The van der Waals surface area contributed by atoms with Gasteiger partial charge in [-0.3, -0.25) is 0 Å². The van der Waals surface area contributed by atoms with Crippen molar-refractivity contribution in [2.24, 2.45) is 5.73 Å². The molecule has 2 rings (SSSR count). The Morgan fingerprint density at radius 1 is 1.00 bits per heavy atom. The van der Waals surface area contributed by atoms with E-state index in [-0.39, 0.29) is 5.75 Å². The predicted octanol–water partition coefficient (Wildman–Crippen LogP) is 4.94. The van der Waals surface area contributed by atoms with Crippen LogP contribution < -0.4 is 10.5 Å². The van der Waals surface area contributed by atoms with E-state index in [1.807, 2.05) is 0 Å². The van der Waals surface area contributed by atoms with Crippen LogP contribution in [-0.4, -0.2) is 6.36 Å². The lowest BCUT2D eigenvalue weighted by molar-refractivity contribution is -0.274. The lowest BCUT2D eigenvalue weighted by Crippen LogP contribution is -2.17. The van der Waals surface area contributed by atoms with Crippen LogP contribution in [0.25, 0.3) is 0 Å². The van der Waals surface area contributed by atoms with Crippen molar-refractivity contribution in [2.75, 3.05) is 0 Å². The first-order chi connectivity index (χ1) is 9.76. The lowest BCUT2D eigenvalue weighted by Gasteiger charge is -2.15. The maximum atomic E-state index is 12.1. The molecule has 0 heterocycles. The topological polar surface area (TPSA) is 35.2 Å². The predicted molar refractivity (Wildman–Crippen MR) is 75.6 cm³/mol. The standard InChI is InChI=1S/C14H10Cl2F3NO/c15-9-3-6-12(16)11(7-9)13(20)8-1-4-10(5-2-8)21-14(17,18)19/h1-7,13H,20H2. The van der Waals surface area contributed by atoms with Crippen LogP contribution in [0.4, 0.5) is 13.2 Å². The molecule has 1 atom stereocenters. The summed E-state index contributed by atoms with van der Waals surface area (Å²) >= 11 is 11.9. The summed E-state index contributed by atoms with van der Waals surface area (Å²) in [6, 6.07) is 9.54. The number of hydrogen-bond donors (Lipinski definition) is 1. The Bertz CT molecular complexity index is 629. The molecule has 0 aromatic heterocycles. The normalized spacial score (nSPS) is 13.0. The largest absolute Gasteiger partial charge is 0.573 e. The molecule has 21 heavy (non-hydrogen) atoms. The average molecular weight is 336 g/mol. The first-order valence-corrected chi connectivity index (χ1v) is 6.58. The van der Waals surface area contributed by atoms with Gasteiger partial charge in [-0.25, -0.2) is 0 Å². The van der Waals surface area contributed by atoms with Gasteiger partial charge in [-0.05, 0) is 41.5 Å². The van der Waals surface area contributed by atoms with E-state index >= 15 is 0 Å². The van der Waals surface area contributed by atoms with E-state index < -0.39 is 12.4 Å². The summed E-state index contributed by atoms with van der Waals surface area (Å²) in [5.74, 6) is -0.310. The number of benzene rings is 2. The van der Waals surface area contributed by atoms with Crippen LogP contribution in [0.15, 0.2) is 42.5 Å². The Labute approximate surface area is 129 Å². The van der Waals surface area contributed by atoms with Crippen molar-refractivity contribution < 1.29 is 17.9 Å². The Kier molecular flexibility index (Phi) is 4.66. The smallest absolute Gasteiger partial charge is 0.406 e. The first-order valence-electron chi connectivity index (χ1n) is 5.82. The molecule has 1 unspecified atom stereocenters. The summed E-state index contributed by atoms with van der Waals surface area (Å²) in [5, 5.41) is 0.907. The van der Waals surface area contributed by atoms with E-state index in [1.165, 1.54) is 24.3 Å². The van der Waals surface area contributed by atoms with Gasteiger partial charge in [0.05, 0.1) is 6.04 Å². The summed E-state index contributed by atoms with van der Waals surface area (Å²) in [7, 11) is 0. The molecule has 0 saturated carbocycles. The zero-order valence-electron chi connectivity index (χ0n) is 10.5. The third kappa shape index (κ3) is 4.27. The van der Waals surface area contributed by atoms with Gasteiger partial charge in [-0.15, -0.1) is 13.2 Å². The quantitative estimate of drug-likeness (QED) is 0.862. The van der Waals surface area contributed by atoms with E-state index in [1.54, 1.807) is 18.2 Å². The van der Waals surface area contributed by atoms with E-state index in [2.05, 4.69) is 4.74 Å². The highest BCUT2D eigenvalue weighted by atomic mass is 35.5. The number of alkyl halides is 3. The van der Waals surface area contributed by atoms with E-state index in [0.29, 0.717) is 21.2 Å². The van der Waals surface area contributed by atoms with Crippen molar-refractivity contribution in [3.8, 4) is 5.75 Å². The monoisotopic (exact) mass is 335 g/mol. The molecule has 0 aliphatic rings. The van der Waals surface area contributed by atoms with Gasteiger partial charge in [0.15, 0.2) is 0 Å². The van der Waals surface area contributed by atoms with Crippen molar-refractivity contribution in [3.05, 3.63) is 63.6 Å². The van der Waals surface area contributed by atoms with Crippen molar-refractivity contribution >= 4 is 23.2 Å². The van der Waals surface area contributed by atoms with Gasteiger partial charge >= 0.3 is 6.36 Å². The van der Waals surface area contributed by atoms with Crippen LogP contribution in [0.1, 0.15) is 17.2 Å². The molecule has 2 nitrogen and oxygen atoms in total. The fourth-order valence-electron chi connectivity index (χ4n) is 1.81. The van der Waals surface area contributed by atoms with Gasteiger partial charge in [-0.2, -0.15) is 0 Å². The molecule has 7 heteroatoms. The molecule has 0 aliphatic heterocycles. The summed E-state index contributed by atoms with van der Waals surface area (Å²) < 4.78 is 40.0. The Morgan fingerprint density at radius 2 is 1.62 bits per heavy atom. The second kappa shape index (κ2) is 6.13. The molecule has 0 radical (unpaired) electrons. The molecular weight excluding hydrogens is 326 g/mol. The highest BCUT2D eigenvalue weighted by molar-refractivity contribution is 6.33. The van der Waals surface area contributed by atoms with Gasteiger partial charge in [0.1, 0.15) is 5.75 Å². The number of nitrogens with two attached hydrogens (primary N) is 1. The maximum Gasteiger partial charge on any atom is 0.573 e. The van der Waals surface area contributed by atoms with Crippen LogP contribution in [0.3, 0.4) is 0 Å². The molecule has 0 spiro atoms. The fraction of sp³-hybridized carbons (Fsp3) is 0.143. The second-order valence-electron chi connectivity index (χ2n) is 4.26. The molecule has 112 valence electrons. The Balaban J connectivity index is 2.24. The molecular formula is C14H10Cl2F3NO. The van der Waals surface area contributed by atoms with Crippen molar-refractivity contribution in [1.29, 1.82) is 0 Å². The van der Waals surface area contributed by atoms with Gasteiger partial charge < -0.3 is 10.5 Å². The van der Waals surface area contributed by atoms with E-state index in [9.17, 15) is 13.2 Å². The first kappa shape index (κ1) is 15.9. The maximum absolute atomic E-state index is 12.1. The van der Waals surface area contributed by atoms with Gasteiger partial charge in [-0.1, -0.05) is 35.3 Å². The average Bonchev–Trinajstić information content (AvgIpc) is 2.40. The zero-order chi connectivity index (χ0) is 15.6. The molecule has 0 amide bonds. The summed E-state index contributed by atoms with van der Waals surface area (Å²) in [6.45, 7) is 0. The minimum absolute atomic E-state index is 0.310. The number of rotatable bonds is 3. The highest BCUT2D eigenvalue weighted by Crippen LogP contribution is 2.30. The summed E-state index contributed by atoms with van der Waals surface area (Å²) in [4.78, 5) is 0. The number of hydrogen-bond acceptors (Lipinski definition) is 2. The third-order valence-corrected chi connectivity index (χ3v) is 3.35. The van der Waals surface area contributed by atoms with Gasteiger partial charge in [0.2, 0.25) is 0 Å². The van der Waals surface area contributed by atoms with Crippen molar-refractivity contribution in [2.45, 2.75) is 12.4 Å². The molecule has 0 fully saturated rings. The minimum atomic E-state index is -4.72. The molecule has 2 N–H and O–H groups in total. The van der Waals surface area contributed by atoms with Crippen LogP contribution in [0.2, 0.25) is 10.0 Å². The number of ether oxygens (including phenoxy) is 1. The van der Waals surface area contributed by atoms with Crippen LogP contribution in [0, 0.1) is 0 Å². The Hall–Kier alpha value is -1.43. The van der Waals surface area contributed by atoms with Gasteiger partial charge in [0, 0.05) is 10.0 Å². The van der Waals surface area contributed by atoms with Gasteiger partial charge in [0.25, 0.3) is 0 Å².